The van der Waals surface area contributed by atoms with Gasteiger partial charge in [-0.05, 0) is 24.6 Å². The average Bonchev–Trinajstić information content (AvgIpc) is 2.64. The highest BCUT2D eigenvalue weighted by atomic mass is 16.5. The lowest BCUT2D eigenvalue weighted by molar-refractivity contribution is 0.236. The van der Waals surface area contributed by atoms with Crippen molar-refractivity contribution in [3.05, 3.63) is 53.7 Å². The molecule has 0 saturated carbocycles. The number of pyridine rings is 1. The van der Waals surface area contributed by atoms with Crippen LogP contribution in [-0.4, -0.2) is 32.2 Å². The molecule has 1 atom stereocenters. The third kappa shape index (κ3) is 5.11. The van der Waals surface area contributed by atoms with Crippen molar-refractivity contribution in [1.82, 2.24) is 15.6 Å². The molecule has 1 heterocycles. The highest BCUT2D eigenvalue weighted by Crippen LogP contribution is 2.26. The van der Waals surface area contributed by atoms with Crippen LogP contribution in [0.4, 0.5) is 10.6 Å². The first kappa shape index (κ1) is 18.6. The zero-order valence-electron chi connectivity index (χ0n) is 15.2. The Morgan fingerprint density at radius 1 is 1.20 bits per heavy atom. The Morgan fingerprint density at radius 2 is 1.96 bits per heavy atom. The van der Waals surface area contributed by atoms with E-state index in [2.05, 4.69) is 15.6 Å². The van der Waals surface area contributed by atoms with Crippen LogP contribution in [0.1, 0.15) is 30.6 Å². The van der Waals surface area contributed by atoms with Gasteiger partial charge in [-0.15, -0.1) is 0 Å². The second kappa shape index (κ2) is 8.92. The molecule has 2 amide bonds. The topological polar surface area (TPSA) is 66.5 Å². The van der Waals surface area contributed by atoms with Crippen molar-refractivity contribution in [2.75, 3.05) is 26.1 Å². The molecule has 0 spiro atoms. The number of benzene rings is 1. The van der Waals surface area contributed by atoms with Gasteiger partial charge in [-0.1, -0.05) is 31.2 Å². The minimum atomic E-state index is -0.227. The molecule has 6 nitrogen and oxygen atoms in total. The molecule has 0 aliphatic rings. The minimum Gasteiger partial charge on any atom is -0.496 e. The number of nitrogens with zero attached hydrogens (tertiary/aromatic N) is 2. The number of para-hydroxylation sites is 1. The summed E-state index contributed by atoms with van der Waals surface area (Å²) >= 11 is 0. The van der Waals surface area contributed by atoms with Crippen molar-refractivity contribution in [3.63, 3.8) is 0 Å². The zero-order chi connectivity index (χ0) is 18.2. The number of methoxy groups -OCH3 is 1. The zero-order valence-corrected chi connectivity index (χ0v) is 15.2. The van der Waals surface area contributed by atoms with Crippen molar-refractivity contribution < 1.29 is 9.53 Å². The first-order chi connectivity index (χ1) is 12.0. The number of rotatable bonds is 7. The van der Waals surface area contributed by atoms with Gasteiger partial charge in [-0.3, -0.25) is 0 Å². The maximum atomic E-state index is 12.3. The summed E-state index contributed by atoms with van der Waals surface area (Å²) in [4.78, 5) is 18.7. The molecule has 2 aromatic rings. The maximum Gasteiger partial charge on any atom is 0.315 e. The van der Waals surface area contributed by atoms with Crippen LogP contribution in [0.25, 0.3) is 0 Å². The van der Waals surface area contributed by atoms with Crippen LogP contribution in [-0.2, 0) is 6.54 Å². The van der Waals surface area contributed by atoms with Crippen molar-refractivity contribution in [2.45, 2.75) is 25.9 Å². The van der Waals surface area contributed by atoms with E-state index in [1.165, 1.54) is 0 Å². The second-order valence-electron chi connectivity index (χ2n) is 5.91. The molecule has 25 heavy (non-hydrogen) atoms. The Bertz CT molecular complexity index is 703. The fourth-order valence-electron chi connectivity index (χ4n) is 2.55. The monoisotopic (exact) mass is 342 g/mol. The lowest BCUT2D eigenvalue weighted by Gasteiger charge is -2.20. The van der Waals surface area contributed by atoms with Gasteiger partial charge in [-0.25, -0.2) is 9.78 Å². The molecule has 1 aromatic heterocycles. The molecule has 0 aliphatic carbocycles. The Morgan fingerprint density at radius 3 is 2.64 bits per heavy atom. The van der Waals surface area contributed by atoms with Gasteiger partial charge in [0.2, 0.25) is 0 Å². The number of nitrogens with one attached hydrogen (secondary N) is 2. The van der Waals surface area contributed by atoms with Crippen LogP contribution in [0.15, 0.2) is 42.5 Å². The standard InChI is InChI=1S/C19H26N4O2/c1-5-16(15-10-6-7-11-17(15)25-4)22-19(24)20-13-14-9-8-12-18(21-14)23(2)3/h6-12,16H,5,13H2,1-4H3,(H2,20,22,24)/t16-/m0/s1. The van der Waals surface area contributed by atoms with E-state index < -0.39 is 0 Å². The second-order valence-corrected chi connectivity index (χ2v) is 5.91. The number of anilines is 1. The SMILES string of the molecule is CC[C@H](NC(=O)NCc1cccc(N(C)C)n1)c1ccccc1OC. The van der Waals surface area contributed by atoms with Gasteiger partial charge < -0.3 is 20.3 Å². The van der Waals surface area contributed by atoms with Gasteiger partial charge in [0.1, 0.15) is 11.6 Å². The number of hydrogen-bond donors (Lipinski definition) is 2. The Kier molecular flexibility index (Phi) is 6.62. The number of ether oxygens (including phenoxy) is 1. The summed E-state index contributed by atoms with van der Waals surface area (Å²) in [7, 11) is 5.51. The summed E-state index contributed by atoms with van der Waals surface area (Å²) in [5.41, 5.74) is 1.78. The molecule has 0 unspecified atom stereocenters. The van der Waals surface area contributed by atoms with Gasteiger partial charge in [0, 0.05) is 19.7 Å². The fourth-order valence-corrected chi connectivity index (χ4v) is 2.55. The van der Waals surface area contributed by atoms with Crippen molar-refractivity contribution in [1.29, 1.82) is 0 Å². The number of hydrogen-bond acceptors (Lipinski definition) is 4. The molecule has 0 saturated heterocycles. The lowest BCUT2D eigenvalue weighted by Crippen LogP contribution is -2.37. The van der Waals surface area contributed by atoms with E-state index in [4.69, 9.17) is 4.74 Å². The lowest BCUT2D eigenvalue weighted by atomic mass is 10.0. The van der Waals surface area contributed by atoms with Gasteiger partial charge >= 0.3 is 6.03 Å². The molecule has 0 aliphatic heterocycles. The minimum absolute atomic E-state index is 0.114. The molecule has 2 N–H and O–H groups in total. The largest absolute Gasteiger partial charge is 0.496 e. The third-order valence-electron chi connectivity index (χ3n) is 3.91. The number of carbonyl (C=O) groups excluding carboxylic acids is 1. The number of amides is 2. The van der Waals surface area contributed by atoms with E-state index >= 15 is 0 Å². The van der Waals surface area contributed by atoms with E-state index in [9.17, 15) is 4.79 Å². The fraction of sp³-hybridized carbons (Fsp3) is 0.368. The summed E-state index contributed by atoms with van der Waals surface area (Å²) in [5, 5.41) is 5.86. The van der Waals surface area contributed by atoms with E-state index in [-0.39, 0.29) is 12.1 Å². The number of urea groups is 1. The van der Waals surface area contributed by atoms with Crippen LogP contribution >= 0.6 is 0 Å². The van der Waals surface area contributed by atoms with Crippen molar-refractivity contribution >= 4 is 11.8 Å². The van der Waals surface area contributed by atoms with Crippen LogP contribution in [0.3, 0.4) is 0 Å². The summed E-state index contributed by atoms with van der Waals surface area (Å²) in [6, 6.07) is 13.1. The Labute approximate surface area is 149 Å². The first-order valence-corrected chi connectivity index (χ1v) is 8.35. The summed E-state index contributed by atoms with van der Waals surface area (Å²) < 4.78 is 5.39. The Hall–Kier alpha value is -2.76. The van der Waals surface area contributed by atoms with Gasteiger partial charge in [0.05, 0.1) is 25.4 Å². The molecule has 134 valence electrons. The van der Waals surface area contributed by atoms with Crippen molar-refractivity contribution in [3.8, 4) is 5.75 Å². The number of carbonyl (C=O) groups is 1. The number of aromatic nitrogens is 1. The van der Waals surface area contributed by atoms with E-state index in [1.54, 1.807) is 7.11 Å². The van der Waals surface area contributed by atoms with Gasteiger partial charge in [-0.2, -0.15) is 0 Å². The van der Waals surface area contributed by atoms with Crippen LogP contribution < -0.4 is 20.3 Å². The average molecular weight is 342 g/mol. The molecule has 0 fully saturated rings. The molecule has 0 radical (unpaired) electrons. The van der Waals surface area contributed by atoms with Gasteiger partial charge in [0.25, 0.3) is 0 Å². The molecule has 2 rings (SSSR count). The summed E-state index contributed by atoms with van der Waals surface area (Å²) in [6.45, 7) is 2.40. The third-order valence-corrected chi connectivity index (χ3v) is 3.91. The van der Waals surface area contributed by atoms with Crippen LogP contribution in [0, 0.1) is 0 Å². The van der Waals surface area contributed by atoms with Crippen LogP contribution in [0.2, 0.25) is 0 Å². The van der Waals surface area contributed by atoms with Crippen molar-refractivity contribution in [2.24, 2.45) is 0 Å². The first-order valence-electron chi connectivity index (χ1n) is 8.35. The smallest absolute Gasteiger partial charge is 0.315 e. The molecule has 0 bridgehead atoms. The van der Waals surface area contributed by atoms with E-state index in [0.29, 0.717) is 6.54 Å². The Balaban J connectivity index is 1.97. The summed E-state index contributed by atoms with van der Waals surface area (Å²) in [6.07, 6.45) is 0.766. The normalized spacial score (nSPS) is 11.5. The molecular formula is C19H26N4O2. The quantitative estimate of drug-likeness (QED) is 0.811. The maximum absolute atomic E-state index is 12.3. The van der Waals surface area contributed by atoms with Gasteiger partial charge in [0.15, 0.2) is 0 Å². The predicted octanol–water partition coefficient (Wildman–Crippen LogP) is 3.11. The molecule has 6 heteroatoms. The molecular weight excluding hydrogens is 316 g/mol. The predicted molar refractivity (Wildman–Crippen MR) is 100.0 cm³/mol. The van der Waals surface area contributed by atoms with E-state index in [0.717, 1.165) is 29.2 Å². The van der Waals surface area contributed by atoms with E-state index in [1.807, 2.05) is 68.4 Å². The molecule has 1 aromatic carbocycles. The highest BCUT2D eigenvalue weighted by Gasteiger charge is 2.16. The highest BCUT2D eigenvalue weighted by molar-refractivity contribution is 5.74. The van der Waals surface area contributed by atoms with Crippen LogP contribution in [0.5, 0.6) is 5.75 Å². The summed E-state index contributed by atoms with van der Waals surface area (Å²) in [5.74, 6) is 1.63.